The van der Waals surface area contributed by atoms with Gasteiger partial charge in [0.15, 0.2) is 16.6 Å². The summed E-state index contributed by atoms with van der Waals surface area (Å²) >= 11 is 0. The summed E-state index contributed by atoms with van der Waals surface area (Å²) in [6, 6.07) is 0. The van der Waals surface area contributed by atoms with E-state index in [0.29, 0.717) is 23.0 Å². The first-order valence-electron chi connectivity index (χ1n) is 15.8. The van der Waals surface area contributed by atoms with Gasteiger partial charge in [0.25, 0.3) is 0 Å². The third kappa shape index (κ3) is 5.17. The van der Waals surface area contributed by atoms with Crippen LogP contribution in [0.4, 0.5) is 0 Å². The van der Waals surface area contributed by atoms with Crippen LogP contribution >= 0.6 is 0 Å². The fraction of sp³-hybridized carbons (Fsp3) is 0.939. The van der Waals surface area contributed by atoms with Gasteiger partial charge in [-0.2, -0.15) is 0 Å². The van der Waals surface area contributed by atoms with E-state index < -0.39 is 16.6 Å². The Morgan fingerprint density at radius 3 is 2.05 bits per heavy atom. The Labute approximate surface area is 233 Å². The molecule has 0 bridgehead atoms. The molecule has 0 spiro atoms. The summed E-state index contributed by atoms with van der Waals surface area (Å²) in [5.74, 6) is 3.34. The van der Waals surface area contributed by atoms with Gasteiger partial charge in [-0.25, -0.2) is 0 Å². The Balaban J connectivity index is 1.49. The van der Waals surface area contributed by atoms with Crippen LogP contribution in [0.1, 0.15) is 114 Å². The Bertz CT molecular complexity index is 878. The summed E-state index contributed by atoms with van der Waals surface area (Å²) in [6.07, 6.45) is 14.3. The van der Waals surface area contributed by atoms with Gasteiger partial charge in [0, 0.05) is 12.2 Å². The van der Waals surface area contributed by atoms with Crippen molar-refractivity contribution in [3.05, 3.63) is 11.6 Å². The predicted octanol–water partition coefficient (Wildman–Crippen LogP) is 10.4. The van der Waals surface area contributed by atoms with Crippen LogP contribution in [-0.2, 0) is 8.85 Å². The van der Waals surface area contributed by atoms with Crippen molar-refractivity contribution < 1.29 is 8.85 Å². The monoisotopic (exact) mass is 546 g/mol. The molecule has 0 radical (unpaired) electrons. The van der Waals surface area contributed by atoms with E-state index in [1.54, 1.807) is 5.57 Å². The Hall–Kier alpha value is 0.0938. The maximum absolute atomic E-state index is 7.03. The quantitative estimate of drug-likeness (QED) is 0.252. The molecule has 0 saturated heterocycles. The van der Waals surface area contributed by atoms with Crippen molar-refractivity contribution >= 4 is 16.6 Å². The topological polar surface area (TPSA) is 18.5 Å². The molecular weight excluding hydrogens is 485 g/mol. The molecule has 0 aromatic carbocycles. The Morgan fingerprint density at radius 1 is 0.838 bits per heavy atom. The summed E-state index contributed by atoms with van der Waals surface area (Å²) in [5.41, 5.74) is 2.61. The lowest BCUT2D eigenvalue weighted by molar-refractivity contribution is -0.0651. The molecule has 214 valence electrons. The molecule has 4 aliphatic rings. The summed E-state index contributed by atoms with van der Waals surface area (Å²) in [7, 11) is -3.47. The fourth-order valence-electron chi connectivity index (χ4n) is 8.86. The molecule has 4 aliphatic carbocycles. The van der Waals surface area contributed by atoms with E-state index in [9.17, 15) is 0 Å². The lowest BCUT2D eigenvalue weighted by Gasteiger charge is -2.59. The van der Waals surface area contributed by atoms with Crippen LogP contribution in [0.15, 0.2) is 11.6 Å². The molecule has 0 amide bonds. The van der Waals surface area contributed by atoms with Crippen molar-refractivity contribution in [1.82, 2.24) is 0 Å². The number of hydrogen-bond donors (Lipinski definition) is 0. The summed E-state index contributed by atoms with van der Waals surface area (Å²) in [5, 5.41) is 0.572. The molecule has 37 heavy (non-hydrogen) atoms. The summed E-state index contributed by atoms with van der Waals surface area (Å²) < 4.78 is 14.0. The Kier molecular flexibility index (Phi) is 7.79. The number of hydrogen-bond acceptors (Lipinski definition) is 2. The zero-order valence-electron chi connectivity index (χ0n) is 27.0. The molecule has 0 aromatic rings. The standard InChI is InChI=1S/C33H62O2Si2/c1-23(34-36(10,11)30(2,3)4)27-16-17-28-26-15-14-24-22-25(35-37(12,13)31(5,6)7)18-20-32(24,8)29(26)19-21-33(27,28)9/h14,23,25-29H,15-22H2,1-13H3/t23-,25-,26?,27+,28?,29?,32-,33+/m0/s1. The maximum Gasteiger partial charge on any atom is 0.192 e. The molecule has 0 heterocycles. The molecule has 4 heteroatoms. The van der Waals surface area contributed by atoms with Crippen LogP contribution in [-0.4, -0.2) is 28.8 Å². The van der Waals surface area contributed by atoms with Gasteiger partial charge < -0.3 is 8.85 Å². The molecule has 0 aliphatic heterocycles. The van der Waals surface area contributed by atoms with Crippen molar-refractivity contribution in [2.24, 2.45) is 34.5 Å². The molecule has 2 nitrogen and oxygen atoms in total. The molecule has 0 aromatic heterocycles. The first-order valence-corrected chi connectivity index (χ1v) is 21.6. The zero-order valence-corrected chi connectivity index (χ0v) is 29.0. The average Bonchev–Trinajstić information content (AvgIpc) is 3.09. The van der Waals surface area contributed by atoms with Gasteiger partial charge in [-0.15, -0.1) is 0 Å². The predicted molar refractivity (Wildman–Crippen MR) is 165 cm³/mol. The largest absolute Gasteiger partial charge is 0.414 e. The van der Waals surface area contributed by atoms with Crippen molar-refractivity contribution in [3.8, 4) is 0 Å². The van der Waals surface area contributed by atoms with Crippen LogP contribution < -0.4 is 0 Å². The van der Waals surface area contributed by atoms with E-state index in [2.05, 4.69) is 94.6 Å². The van der Waals surface area contributed by atoms with Gasteiger partial charge in [-0.1, -0.05) is 67.0 Å². The van der Waals surface area contributed by atoms with Crippen molar-refractivity contribution in [1.29, 1.82) is 0 Å². The van der Waals surface area contributed by atoms with E-state index in [4.69, 9.17) is 8.85 Å². The third-order valence-corrected chi connectivity index (χ3v) is 22.4. The van der Waals surface area contributed by atoms with E-state index >= 15 is 0 Å². The van der Waals surface area contributed by atoms with Crippen molar-refractivity contribution in [2.75, 3.05) is 0 Å². The molecule has 3 unspecified atom stereocenters. The third-order valence-electron chi connectivity index (χ3n) is 13.3. The van der Waals surface area contributed by atoms with Crippen molar-refractivity contribution in [3.63, 3.8) is 0 Å². The number of allylic oxidation sites excluding steroid dienone is 1. The number of fused-ring (bicyclic) bond motifs is 5. The van der Waals surface area contributed by atoms with E-state index in [1.165, 1.54) is 51.4 Å². The molecule has 0 N–H and O–H groups in total. The van der Waals surface area contributed by atoms with E-state index in [1.807, 2.05) is 0 Å². The SMILES string of the molecule is C[C@H](O[Si](C)(C)C(C)(C)C)[C@H]1CCC2C3CC=C4C[C@@H](O[Si](C)(C)C(C)(C)C)CC[C@]4(C)C3CC[C@@]21C. The van der Waals surface area contributed by atoms with E-state index in [-0.39, 0.29) is 10.1 Å². The highest BCUT2D eigenvalue weighted by molar-refractivity contribution is 6.74. The minimum atomic E-state index is -1.75. The molecule has 4 rings (SSSR count). The van der Waals surface area contributed by atoms with Gasteiger partial charge in [-0.3, -0.25) is 0 Å². The second-order valence-electron chi connectivity index (χ2n) is 17.3. The van der Waals surface area contributed by atoms with Crippen LogP contribution in [0.25, 0.3) is 0 Å². The van der Waals surface area contributed by atoms with Crippen LogP contribution in [0.5, 0.6) is 0 Å². The highest BCUT2D eigenvalue weighted by atomic mass is 28.4. The average molecular weight is 547 g/mol. The van der Waals surface area contributed by atoms with Crippen LogP contribution in [0.3, 0.4) is 0 Å². The second-order valence-corrected chi connectivity index (χ2v) is 26.8. The summed E-state index contributed by atoms with van der Waals surface area (Å²) in [6.45, 7) is 31.8. The van der Waals surface area contributed by atoms with Gasteiger partial charge in [-0.05, 0) is 129 Å². The van der Waals surface area contributed by atoms with Gasteiger partial charge >= 0.3 is 0 Å². The number of rotatable bonds is 5. The molecular formula is C33H62O2Si2. The Morgan fingerprint density at radius 2 is 1.46 bits per heavy atom. The first-order chi connectivity index (χ1) is 16.7. The molecule has 3 fully saturated rings. The second kappa shape index (κ2) is 9.59. The highest BCUT2D eigenvalue weighted by Crippen LogP contribution is 2.67. The zero-order chi connectivity index (χ0) is 27.8. The lowest BCUT2D eigenvalue weighted by Crippen LogP contribution is -2.53. The van der Waals surface area contributed by atoms with E-state index in [0.717, 1.165) is 23.7 Å². The van der Waals surface area contributed by atoms with Crippen LogP contribution in [0.2, 0.25) is 36.3 Å². The minimum absolute atomic E-state index is 0.282. The van der Waals surface area contributed by atoms with Crippen LogP contribution in [0, 0.1) is 34.5 Å². The first kappa shape index (κ1) is 30.1. The minimum Gasteiger partial charge on any atom is -0.414 e. The van der Waals surface area contributed by atoms with Gasteiger partial charge in [0.2, 0.25) is 0 Å². The van der Waals surface area contributed by atoms with Crippen molar-refractivity contribution in [2.45, 2.75) is 162 Å². The normalized spacial score (nSPS) is 39.9. The molecule has 3 saturated carbocycles. The van der Waals surface area contributed by atoms with Gasteiger partial charge in [0.1, 0.15) is 0 Å². The lowest BCUT2D eigenvalue weighted by atomic mass is 9.47. The maximum atomic E-state index is 7.03. The highest BCUT2D eigenvalue weighted by Gasteiger charge is 2.60. The van der Waals surface area contributed by atoms with Gasteiger partial charge in [0.05, 0.1) is 0 Å². The molecule has 8 atom stereocenters. The smallest absolute Gasteiger partial charge is 0.192 e. The summed E-state index contributed by atoms with van der Waals surface area (Å²) in [4.78, 5) is 0. The fourth-order valence-corrected chi connectivity index (χ4v) is 11.7.